The second kappa shape index (κ2) is 7.69. The number of methoxy groups -OCH3 is 1. The molecule has 0 aromatic carbocycles. The summed E-state index contributed by atoms with van der Waals surface area (Å²) in [6.45, 7) is 0.842. The first-order valence-electron chi connectivity index (χ1n) is 8.05. The summed E-state index contributed by atoms with van der Waals surface area (Å²) in [6.07, 6.45) is 4.49. The van der Waals surface area contributed by atoms with Crippen LogP contribution in [0.4, 0.5) is 10.5 Å². The highest BCUT2D eigenvalue weighted by molar-refractivity contribution is 5.94. The number of likely N-dealkylation sites (tertiary alicyclic amines) is 1. The van der Waals surface area contributed by atoms with Crippen LogP contribution < -0.4 is 15.4 Å². The number of amides is 3. The van der Waals surface area contributed by atoms with Gasteiger partial charge in [0.15, 0.2) is 0 Å². The lowest BCUT2D eigenvalue weighted by Gasteiger charge is -2.24. The monoisotopic (exact) mass is 344 g/mol. The van der Waals surface area contributed by atoms with Gasteiger partial charge >= 0.3 is 6.03 Å². The van der Waals surface area contributed by atoms with Crippen molar-refractivity contribution in [1.29, 1.82) is 0 Å². The number of carbonyl (C=O) groups excluding carboxylic acids is 2. The number of hydrogen-bond donors (Lipinski definition) is 2. The summed E-state index contributed by atoms with van der Waals surface area (Å²) in [7, 11) is 1.52. The molecule has 3 rings (SSSR count). The summed E-state index contributed by atoms with van der Waals surface area (Å²) in [6, 6.07) is 6.11. The van der Waals surface area contributed by atoms with Crippen molar-refractivity contribution in [1.82, 2.24) is 15.2 Å². The molecule has 25 heavy (non-hydrogen) atoms. The number of rotatable bonds is 5. The van der Waals surface area contributed by atoms with Crippen molar-refractivity contribution in [3.63, 3.8) is 0 Å². The van der Waals surface area contributed by atoms with Gasteiger partial charge in [0.05, 0.1) is 31.8 Å². The Labute approximate surface area is 145 Å². The van der Waals surface area contributed by atoms with Gasteiger partial charge in [-0.3, -0.25) is 4.79 Å². The molecule has 0 radical (unpaired) electrons. The van der Waals surface area contributed by atoms with Crippen molar-refractivity contribution >= 4 is 17.6 Å². The third-order valence-electron chi connectivity index (χ3n) is 4.03. The van der Waals surface area contributed by atoms with Crippen LogP contribution in [0.3, 0.4) is 0 Å². The van der Waals surface area contributed by atoms with Gasteiger partial charge in [0.1, 0.15) is 11.8 Å². The third-order valence-corrected chi connectivity index (χ3v) is 4.03. The molecule has 3 amide bonds. The van der Waals surface area contributed by atoms with Gasteiger partial charge in [0.25, 0.3) is 0 Å². The number of carbonyl (C=O) groups is 2. The van der Waals surface area contributed by atoms with E-state index in [9.17, 15) is 9.59 Å². The maximum atomic E-state index is 12.5. The van der Waals surface area contributed by atoms with E-state index in [1.54, 1.807) is 35.4 Å². The van der Waals surface area contributed by atoms with Crippen molar-refractivity contribution < 1.29 is 18.7 Å². The minimum Gasteiger partial charge on any atom is -0.481 e. The smallest absolute Gasteiger partial charge is 0.322 e. The highest BCUT2D eigenvalue weighted by Crippen LogP contribution is 2.20. The Balaban J connectivity index is 1.57. The lowest BCUT2D eigenvalue weighted by Crippen LogP contribution is -2.47. The largest absolute Gasteiger partial charge is 0.481 e. The van der Waals surface area contributed by atoms with Gasteiger partial charge in [-0.1, -0.05) is 0 Å². The van der Waals surface area contributed by atoms with Gasteiger partial charge in [-0.25, -0.2) is 9.78 Å². The number of anilines is 1. The first kappa shape index (κ1) is 16.8. The number of nitrogens with one attached hydrogen (secondary N) is 2. The number of pyridine rings is 1. The van der Waals surface area contributed by atoms with E-state index in [-0.39, 0.29) is 11.9 Å². The zero-order valence-electron chi connectivity index (χ0n) is 13.9. The number of furan rings is 1. The molecule has 2 aromatic heterocycles. The molecule has 0 saturated carbocycles. The molecule has 1 aliphatic heterocycles. The van der Waals surface area contributed by atoms with Crippen LogP contribution >= 0.6 is 0 Å². The fourth-order valence-electron chi connectivity index (χ4n) is 2.76. The number of hydrogen-bond acceptors (Lipinski definition) is 5. The van der Waals surface area contributed by atoms with E-state index in [0.29, 0.717) is 36.8 Å². The zero-order chi connectivity index (χ0) is 17.6. The molecule has 0 aliphatic carbocycles. The van der Waals surface area contributed by atoms with Gasteiger partial charge in [-0.2, -0.15) is 0 Å². The molecule has 1 saturated heterocycles. The Morgan fingerprint density at radius 1 is 1.40 bits per heavy atom. The molecule has 3 heterocycles. The summed E-state index contributed by atoms with van der Waals surface area (Å²) in [5, 5.41) is 5.57. The van der Waals surface area contributed by atoms with E-state index in [2.05, 4.69) is 15.6 Å². The van der Waals surface area contributed by atoms with E-state index in [1.807, 2.05) is 0 Å². The SMILES string of the molecule is COc1ccc(NC(=O)N2CCCC2C(=O)NCc2ccco2)cn1. The molecule has 1 unspecified atom stereocenters. The topological polar surface area (TPSA) is 96.7 Å². The predicted octanol–water partition coefficient (Wildman–Crippen LogP) is 2.00. The van der Waals surface area contributed by atoms with Gasteiger partial charge in [-0.05, 0) is 31.0 Å². The quantitative estimate of drug-likeness (QED) is 0.865. The standard InChI is InChI=1S/C17H20N4O4/c1-24-15-7-6-12(10-18-15)20-17(23)21-8-2-5-14(21)16(22)19-11-13-4-3-9-25-13/h3-4,6-7,9-10,14H,2,5,8,11H2,1H3,(H,19,22)(H,20,23). The highest BCUT2D eigenvalue weighted by atomic mass is 16.5. The number of aromatic nitrogens is 1. The maximum Gasteiger partial charge on any atom is 0.322 e. The molecule has 1 fully saturated rings. The Morgan fingerprint density at radius 3 is 2.96 bits per heavy atom. The Kier molecular flexibility index (Phi) is 5.17. The Hall–Kier alpha value is -3.03. The van der Waals surface area contributed by atoms with Crippen LogP contribution in [0.15, 0.2) is 41.1 Å². The predicted molar refractivity (Wildman–Crippen MR) is 90.1 cm³/mol. The van der Waals surface area contributed by atoms with Crippen LogP contribution in [0, 0.1) is 0 Å². The van der Waals surface area contributed by atoms with Crippen LogP contribution in [0.1, 0.15) is 18.6 Å². The number of urea groups is 1. The highest BCUT2D eigenvalue weighted by Gasteiger charge is 2.34. The van der Waals surface area contributed by atoms with Gasteiger partial charge < -0.3 is 24.7 Å². The number of nitrogens with zero attached hydrogens (tertiary/aromatic N) is 2. The van der Waals surface area contributed by atoms with Crippen molar-refractivity contribution in [2.45, 2.75) is 25.4 Å². The number of ether oxygens (including phenoxy) is 1. The van der Waals surface area contributed by atoms with Crippen LogP contribution in [0.25, 0.3) is 0 Å². The van der Waals surface area contributed by atoms with Crippen LogP contribution in [0.5, 0.6) is 5.88 Å². The lowest BCUT2D eigenvalue weighted by atomic mass is 10.2. The van der Waals surface area contributed by atoms with Gasteiger partial charge in [0.2, 0.25) is 11.8 Å². The molecular weight excluding hydrogens is 324 g/mol. The average molecular weight is 344 g/mol. The van der Waals surface area contributed by atoms with Crippen LogP contribution in [0.2, 0.25) is 0 Å². The summed E-state index contributed by atoms with van der Waals surface area (Å²) in [4.78, 5) is 30.4. The molecular formula is C17H20N4O4. The Bertz CT molecular complexity index is 715. The van der Waals surface area contributed by atoms with Gasteiger partial charge in [-0.15, -0.1) is 0 Å². The minimum atomic E-state index is -0.485. The van der Waals surface area contributed by atoms with Crippen molar-refractivity contribution in [2.75, 3.05) is 19.0 Å². The van der Waals surface area contributed by atoms with Crippen molar-refractivity contribution in [2.24, 2.45) is 0 Å². The fraction of sp³-hybridized carbons (Fsp3) is 0.353. The fourth-order valence-corrected chi connectivity index (χ4v) is 2.76. The van der Waals surface area contributed by atoms with E-state index in [4.69, 9.17) is 9.15 Å². The van der Waals surface area contributed by atoms with Crippen molar-refractivity contribution in [3.05, 3.63) is 42.5 Å². The molecule has 132 valence electrons. The van der Waals surface area contributed by atoms with E-state index in [1.165, 1.54) is 13.3 Å². The molecule has 8 heteroatoms. The van der Waals surface area contributed by atoms with E-state index >= 15 is 0 Å². The van der Waals surface area contributed by atoms with Crippen LogP contribution in [-0.4, -0.2) is 41.5 Å². The summed E-state index contributed by atoms with van der Waals surface area (Å²) >= 11 is 0. The molecule has 0 spiro atoms. The molecule has 1 atom stereocenters. The second-order valence-electron chi connectivity index (χ2n) is 5.67. The summed E-state index contributed by atoms with van der Waals surface area (Å²) in [5.74, 6) is 0.956. The molecule has 2 aromatic rings. The minimum absolute atomic E-state index is 0.183. The van der Waals surface area contributed by atoms with E-state index < -0.39 is 6.04 Å². The van der Waals surface area contributed by atoms with Crippen molar-refractivity contribution in [3.8, 4) is 5.88 Å². The zero-order valence-corrected chi connectivity index (χ0v) is 13.9. The molecule has 2 N–H and O–H groups in total. The lowest BCUT2D eigenvalue weighted by molar-refractivity contribution is -0.124. The molecule has 0 bridgehead atoms. The second-order valence-corrected chi connectivity index (χ2v) is 5.67. The first-order valence-corrected chi connectivity index (χ1v) is 8.05. The Morgan fingerprint density at radius 2 is 2.28 bits per heavy atom. The average Bonchev–Trinajstić information content (AvgIpc) is 3.32. The van der Waals surface area contributed by atoms with E-state index in [0.717, 1.165) is 6.42 Å². The molecule has 1 aliphatic rings. The summed E-state index contributed by atoms with van der Waals surface area (Å²) < 4.78 is 10.2. The maximum absolute atomic E-state index is 12.5. The summed E-state index contributed by atoms with van der Waals surface area (Å²) in [5.41, 5.74) is 0.549. The normalized spacial score (nSPS) is 16.5. The molecule has 8 nitrogen and oxygen atoms in total. The van der Waals surface area contributed by atoms with Gasteiger partial charge in [0, 0.05) is 12.6 Å². The first-order chi connectivity index (χ1) is 12.2. The van der Waals surface area contributed by atoms with Crippen LogP contribution in [-0.2, 0) is 11.3 Å². The third kappa shape index (κ3) is 4.09.